The number of H-pyrrole nitrogens is 1. The van der Waals surface area contributed by atoms with Crippen LogP contribution in [0.25, 0.3) is 11.3 Å². The van der Waals surface area contributed by atoms with Crippen molar-refractivity contribution in [2.45, 2.75) is 20.3 Å². The molecule has 1 aromatic heterocycles. The van der Waals surface area contributed by atoms with Crippen LogP contribution in [0.15, 0.2) is 30.5 Å². The van der Waals surface area contributed by atoms with E-state index in [4.69, 9.17) is 10.5 Å². The zero-order valence-corrected chi connectivity index (χ0v) is 11.7. The van der Waals surface area contributed by atoms with Gasteiger partial charge in [0.15, 0.2) is 0 Å². The molecule has 3 N–H and O–H groups in total. The summed E-state index contributed by atoms with van der Waals surface area (Å²) < 4.78 is 5.36. The van der Waals surface area contributed by atoms with Gasteiger partial charge in [-0.25, -0.2) is 4.98 Å². The van der Waals surface area contributed by atoms with Gasteiger partial charge < -0.3 is 15.5 Å². The lowest BCUT2D eigenvalue weighted by atomic mass is 9.89. The summed E-state index contributed by atoms with van der Waals surface area (Å²) in [5.74, 6) is 1.80. The van der Waals surface area contributed by atoms with Crippen LogP contribution in [0.3, 0.4) is 0 Å². The fourth-order valence-corrected chi connectivity index (χ4v) is 1.98. The molecule has 102 valence electrons. The number of rotatable bonds is 5. The normalized spacial score (nSPS) is 11.6. The van der Waals surface area contributed by atoms with Crippen molar-refractivity contribution in [1.82, 2.24) is 9.97 Å². The highest BCUT2D eigenvalue weighted by Gasteiger charge is 2.18. The van der Waals surface area contributed by atoms with Crippen molar-refractivity contribution in [3.8, 4) is 17.0 Å². The summed E-state index contributed by atoms with van der Waals surface area (Å²) in [6.07, 6.45) is 2.68. The van der Waals surface area contributed by atoms with Gasteiger partial charge in [0.05, 0.1) is 19.0 Å². The van der Waals surface area contributed by atoms with Crippen LogP contribution < -0.4 is 10.5 Å². The first-order chi connectivity index (χ1) is 9.05. The molecule has 0 radical (unpaired) electrons. The first-order valence-corrected chi connectivity index (χ1v) is 6.43. The summed E-state index contributed by atoms with van der Waals surface area (Å²) in [7, 11) is 1.67. The molecule has 0 atom stereocenters. The predicted octanol–water partition coefficient (Wildman–Crippen LogP) is 2.61. The van der Waals surface area contributed by atoms with Gasteiger partial charge in [-0.1, -0.05) is 26.0 Å². The third-order valence-corrected chi connectivity index (χ3v) is 3.22. The molecule has 0 aliphatic rings. The first-order valence-electron chi connectivity index (χ1n) is 6.43. The number of hydrogen-bond donors (Lipinski definition) is 2. The largest absolute Gasteiger partial charge is 0.496 e. The highest BCUT2D eigenvalue weighted by molar-refractivity contribution is 5.66. The number of aromatic amines is 1. The van der Waals surface area contributed by atoms with Crippen molar-refractivity contribution in [2.75, 3.05) is 13.7 Å². The number of methoxy groups -OCH3 is 1. The van der Waals surface area contributed by atoms with E-state index < -0.39 is 0 Å². The maximum absolute atomic E-state index is 5.76. The molecule has 0 aliphatic carbocycles. The molecule has 19 heavy (non-hydrogen) atoms. The Balaban J connectivity index is 2.26. The molecule has 4 heteroatoms. The summed E-state index contributed by atoms with van der Waals surface area (Å²) in [6.45, 7) is 4.91. The zero-order chi connectivity index (χ0) is 13.9. The molecule has 0 saturated carbocycles. The predicted molar refractivity (Wildman–Crippen MR) is 77.1 cm³/mol. The molecule has 0 bridgehead atoms. The second-order valence-corrected chi connectivity index (χ2v) is 5.49. The number of aromatic nitrogens is 2. The van der Waals surface area contributed by atoms with E-state index >= 15 is 0 Å². The Morgan fingerprint density at radius 1 is 1.32 bits per heavy atom. The summed E-state index contributed by atoms with van der Waals surface area (Å²) in [6, 6.07) is 7.91. The standard InChI is InChI=1S/C15H21N3O/c1-15(2,10-16)8-14-17-9-12(18-14)11-6-4-5-7-13(11)19-3/h4-7,9H,8,10,16H2,1-3H3,(H,17,18). The van der Waals surface area contributed by atoms with E-state index in [0.717, 1.165) is 29.3 Å². The molecule has 1 aromatic carbocycles. The van der Waals surface area contributed by atoms with E-state index in [0.29, 0.717) is 6.54 Å². The minimum absolute atomic E-state index is 0.0515. The number of para-hydroxylation sites is 1. The van der Waals surface area contributed by atoms with Crippen LogP contribution in [0.2, 0.25) is 0 Å². The lowest BCUT2D eigenvalue weighted by Gasteiger charge is -2.20. The smallest absolute Gasteiger partial charge is 0.128 e. The number of nitrogens with zero attached hydrogens (tertiary/aromatic N) is 1. The molecule has 2 rings (SSSR count). The Labute approximate surface area is 114 Å². The lowest BCUT2D eigenvalue weighted by Crippen LogP contribution is -2.26. The minimum atomic E-state index is 0.0515. The molecule has 2 aromatic rings. The number of nitrogens with two attached hydrogens (primary N) is 1. The highest BCUT2D eigenvalue weighted by Crippen LogP contribution is 2.29. The second-order valence-electron chi connectivity index (χ2n) is 5.49. The van der Waals surface area contributed by atoms with E-state index in [1.165, 1.54) is 0 Å². The van der Waals surface area contributed by atoms with Crippen molar-refractivity contribution in [3.05, 3.63) is 36.3 Å². The second kappa shape index (κ2) is 5.45. The fourth-order valence-electron chi connectivity index (χ4n) is 1.98. The van der Waals surface area contributed by atoms with Crippen LogP contribution in [0.1, 0.15) is 19.7 Å². The maximum atomic E-state index is 5.76. The molecule has 0 aliphatic heterocycles. The van der Waals surface area contributed by atoms with E-state index in [1.54, 1.807) is 7.11 Å². The monoisotopic (exact) mass is 259 g/mol. The average molecular weight is 259 g/mol. The quantitative estimate of drug-likeness (QED) is 0.867. The van der Waals surface area contributed by atoms with Gasteiger partial charge in [0.2, 0.25) is 0 Å². The van der Waals surface area contributed by atoms with E-state index in [9.17, 15) is 0 Å². The van der Waals surface area contributed by atoms with Crippen LogP contribution in [-0.4, -0.2) is 23.6 Å². The van der Waals surface area contributed by atoms with Crippen LogP contribution in [-0.2, 0) is 6.42 Å². The number of hydrogen-bond acceptors (Lipinski definition) is 3. The SMILES string of the molecule is COc1ccccc1-c1cnc(CC(C)(C)CN)[nH]1. The Bertz CT molecular complexity index is 546. The topological polar surface area (TPSA) is 63.9 Å². The lowest BCUT2D eigenvalue weighted by molar-refractivity contribution is 0.369. The number of benzene rings is 1. The van der Waals surface area contributed by atoms with Gasteiger partial charge in [0.25, 0.3) is 0 Å². The van der Waals surface area contributed by atoms with Gasteiger partial charge in [-0.2, -0.15) is 0 Å². The molecule has 1 heterocycles. The third-order valence-electron chi connectivity index (χ3n) is 3.22. The summed E-state index contributed by atoms with van der Waals surface area (Å²) >= 11 is 0. The number of nitrogens with one attached hydrogen (secondary N) is 1. The minimum Gasteiger partial charge on any atom is -0.496 e. The molecule has 0 spiro atoms. The molecule has 4 nitrogen and oxygen atoms in total. The van der Waals surface area contributed by atoms with Crippen molar-refractivity contribution in [2.24, 2.45) is 11.1 Å². The molecule has 0 saturated heterocycles. The van der Waals surface area contributed by atoms with E-state index in [2.05, 4.69) is 23.8 Å². The van der Waals surface area contributed by atoms with Crippen LogP contribution in [0, 0.1) is 5.41 Å². The van der Waals surface area contributed by atoms with Gasteiger partial charge >= 0.3 is 0 Å². The highest BCUT2D eigenvalue weighted by atomic mass is 16.5. The summed E-state index contributed by atoms with van der Waals surface area (Å²) in [5.41, 5.74) is 7.80. The molecule has 0 fully saturated rings. The van der Waals surface area contributed by atoms with Crippen LogP contribution in [0.5, 0.6) is 5.75 Å². The van der Waals surface area contributed by atoms with Gasteiger partial charge in [0, 0.05) is 12.0 Å². The summed E-state index contributed by atoms with van der Waals surface area (Å²) in [5, 5.41) is 0. The fraction of sp³-hybridized carbons (Fsp3) is 0.400. The van der Waals surface area contributed by atoms with Crippen molar-refractivity contribution < 1.29 is 4.74 Å². The van der Waals surface area contributed by atoms with Gasteiger partial charge in [-0.15, -0.1) is 0 Å². The van der Waals surface area contributed by atoms with Crippen molar-refractivity contribution >= 4 is 0 Å². The van der Waals surface area contributed by atoms with Crippen molar-refractivity contribution in [3.63, 3.8) is 0 Å². The van der Waals surface area contributed by atoms with E-state index in [-0.39, 0.29) is 5.41 Å². The van der Waals surface area contributed by atoms with Crippen molar-refractivity contribution in [1.29, 1.82) is 0 Å². The maximum Gasteiger partial charge on any atom is 0.128 e. The van der Waals surface area contributed by atoms with Gasteiger partial charge in [-0.05, 0) is 24.1 Å². The Morgan fingerprint density at radius 3 is 2.74 bits per heavy atom. The molecule has 0 amide bonds. The molecule has 0 unspecified atom stereocenters. The Hall–Kier alpha value is -1.81. The van der Waals surface area contributed by atoms with Crippen LogP contribution >= 0.6 is 0 Å². The van der Waals surface area contributed by atoms with Gasteiger partial charge in [-0.3, -0.25) is 0 Å². The number of ether oxygens (including phenoxy) is 1. The molecular weight excluding hydrogens is 238 g/mol. The summed E-state index contributed by atoms with van der Waals surface area (Å²) in [4.78, 5) is 7.78. The number of imidazole rings is 1. The zero-order valence-electron chi connectivity index (χ0n) is 11.7. The Kier molecular flexibility index (Phi) is 3.90. The van der Waals surface area contributed by atoms with E-state index in [1.807, 2.05) is 30.5 Å². The van der Waals surface area contributed by atoms with Crippen LogP contribution in [0.4, 0.5) is 0 Å². The first kappa shape index (κ1) is 13.6. The third kappa shape index (κ3) is 3.15. The Morgan fingerprint density at radius 2 is 2.05 bits per heavy atom. The van der Waals surface area contributed by atoms with Gasteiger partial charge in [0.1, 0.15) is 11.6 Å². The molecular formula is C15H21N3O. The average Bonchev–Trinajstić information content (AvgIpc) is 2.86.